The molecule has 6 atom stereocenters. The zero-order valence-corrected chi connectivity index (χ0v) is 17.4. The van der Waals surface area contributed by atoms with E-state index in [1.54, 1.807) is 0 Å². The summed E-state index contributed by atoms with van der Waals surface area (Å²) in [6.45, 7) is 17.7. The second-order valence-electron chi connectivity index (χ2n) is 9.82. The van der Waals surface area contributed by atoms with Crippen LogP contribution >= 0.6 is 0 Å². The number of hydrogen-bond acceptors (Lipinski definition) is 4. The molecular formula is C21H38O4. The fraction of sp³-hybridized carbons (Fsp3) is 0.952. The fourth-order valence-electron chi connectivity index (χ4n) is 5.73. The molecule has 146 valence electrons. The molecule has 1 heterocycles. The lowest BCUT2D eigenvalue weighted by atomic mass is 9.57. The minimum Gasteiger partial charge on any atom is -0.466 e. The van der Waals surface area contributed by atoms with Crippen LogP contribution in [0.4, 0.5) is 0 Å². The molecule has 1 aliphatic heterocycles. The van der Waals surface area contributed by atoms with Crippen LogP contribution < -0.4 is 0 Å². The average molecular weight is 355 g/mol. The number of fused-ring (bicyclic) bond motifs is 1. The summed E-state index contributed by atoms with van der Waals surface area (Å²) in [5, 5.41) is 11.3. The van der Waals surface area contributed by atoms with Gasteiger partial charge in [-0.05, 0) is 41.4 Å². The molecule has 4 heteroatoms. The Morgan fingerprint density at radius 1 is 1.28 bits per heavy atom. The van der Waals surface area contributed by atoms with Crippen LogP contribution in [-0.4, -0.2) is 29.6 Å². The quantitative estimate of drug-likeness (QED) is 0.718. The maximum absolute atomic E-state index is 11.3. The van der Waals surface area contributed by atoms with Crippen molar-refractivity contribution in [3.8, 4) is 0 Å². The molecule has 2 rings (SSSR count). The summed E-state index contributed by atoms with van der Waals surface area (Å²) in [7, 11) is 0. The lowest BCUT2D eigenvalue weighted by Gasteiger charge is -2.47. The molecule has 0 radical (unpaired) electrons. The number of esters is 1. The third-order valence-electron chi connectivity index (χ3n) is 7.47. The lowest BCUT2D eigenvalue weighted by molar-refractivity contribution is -0.210. The topological polar surface area (TPSA) is 55.8 Å². The van der Waals surface area contributed by atoms with Crippen molar-refractivity contribution in [3.05, 3.63) is 0 Å². The number of rotatable bonds is 6. The van der Waals surface area contributed by atoms with E-state index < -0.39 is 5.79 Å². The minimum atomic E-state index is -1.01. The Kier molecular flexibility index (Phi) is 5.67. The van der Waals surface area contributed by atoms with Gasteiger partial charge in [0, 0.05) is 19.3 Å². The van der Waals surface area contributed by atoms with E-state index in [1.165, 1.54) is 6.92 Å². The molecular weight excluding hydrogens is 316 g/mol. The van der Waals surface area contributed by atoms with E-state index in [0.29, 0.717) is 30.8 Å². The maximum Gasteiger partial charge on any atom is 0.302 e. The van der Waals surface area contributed by atoms with Gasteiger partial charge in [-0.15, -0.1) is 0 Å². The molecule has 25 heavy (non-hydrogen) atoms. The Morgan fingerprint density at radius 2 is 1.88 bits per heavy atom. The lowest BCUT2D eigenvalue weighted by Crippen LogP contribution is -2.44. The molecule has 0 aromatic carbocycles. The third-order valence-corrected chi connectivity index (χ3v) is 7.47. The molecule has 0 amide bonds. The van der Waals surface area contributed by atoms with Gasteiger partial charge in [-0.25, -0.2) is 0 Å². The molecule has 0 unspecified atom stereocenters. The Bertz CT molecular complexity index is 500. The number of carbonyl (C=O) groups is 1. The summed E-state index contributed by atoms with van der Waals surface area (Å²) < 4.78 is 11.4. The first kappa shape index (κ1) is 20.7. The summed E-state index contributed by atoms with van der Waals surface area (Å²) in [6, 6.07) is 0. The van der Waals surface area contributed by atoms with E-state index in [0.717, 1.165) is 12.8 Å². The SMILES string of the molecule is CC(=O)OC[C@H](C)CC[C@H]1O[C@@]2(O)CC(C)(C)[C@](C)(C(C)C)[C@H]2[C@@H]1C. The van der Waals surface area contributed by atoms with Crippen LogP contribution in [-0.2, 0) is 14.3 Å². The molecule has 1 N–H and O–H groups in total. The molecule has 0 aromatic heterocycles. The van der Waals surface area contributed by atoms with Gasteiger partial charge in [0.25, 0.3) is 0 Å². The van der Waals surface area contributed by atoms with E-state index in [2.05, 4.69) is 48.5 Å². The Labute approximate surface area is 153 Å². The number of aliphatic hydroxyl groups is 1. The van der Waals surface area contributed by atoms with Gasteiger partial charge in [-0.1, -0.05) is 48.5 Å². The third kappa shape index (κ3) is 3.49. The Morgan fingerprint density at radius 3 is 2.40 bits per heavy atom. The molecule has 0 spiro atoms. The molecule has 1 saturated heterocycles. The highest BCUT2D eigenvalue weighted by molar-refractivity contribution is 5.65. The van der Waals surface area contributed by atoms with Gasteiger partial charge in [0.05, 0.1) is 12.7 Å². The molecule has 0 bridgehead atoms. The van der Waals surface area contributed by atoms with Gasteiger partial charge in [-0.3, -0.25) is 4.79 Å². The average Bonchev–Trinajstić information content (AvgIpc) is 2.80. The number of ether oxygens (including phenoxy) is 2. The smallest absolute Gasteiger partial charge is 0.302 e. The van der Waals surface area contributed by atoms with Crippen LogP contribution in [0.2, 0.25) is 0 Å². The summed E-state index contributed by atoms with van der Waals surface area (Å²) in [4.78, 5) is 11.0. The van der Waals surface area contributed by atoms with Crippen LogP contribution in [0.15, 0.2) is 0 Å². The molecule has 2 aliphatic rings. The first-order valence-electron chi connectivity index (χ1n) is 9.88. The molecule has 2 fully saturated rings. The first-order valence-corrected chi connectivity index (χ1v) is 9.88. The van der Waals surface area contributed by atoms with E-state index in [-0.39, 0.29) is 28.8 Å². The molecule has 1 aliphatic carbocycles. The largest absolute Gasteiger partial charge is 0.466 e. The zero-order chi connectivity index (χ0) is 19.2. The van der Waals surface area contributed by atoms with Crippen molar-refractivity contribution < 1.29 is 19.4 Å². The maximum atomic E-state index is 11.3. The van der Waals surface area contributed by atoms with Gasteiger partial charge >= 0.3 is 5.97 Å². The predicted molar refractivity (Wildman–Crippen MR) is 98.9 cm³/mol. The van der Waals surface area contributed by atoms with Gasteiger partial charge in [-0.2, -0.15) is 0 Å². The van der Waals surface area contributed by atoms with Crippen molar-refractivity contribution in [1.29, 1.82) is 0 Å². The normalized spacial score (nSPS) is 41.0. The standard InChI is InChI=1S/C21H38O4/c1-13(2)20(8)18-15(4)17(10-9-14(3)11-24-16(5)22)25-21(18,23)12-19(20,6)7/h13-15,17-18,23H,9-12H2,1-8H3/t14-,15-,17-,18-,20-,21+/m1/s1. The van der Waals surface area contributed by atoms with Gasteiger partial charge in [0.2, 0.25) is 0 Å². The van der Waals surface area contributed by atoms with Gasteiger partial charge < -0.3 is 14.6 Å². The highest BCUT2D eigenvalue weighted by Gasteiger charge is 2.70. The minimum absolute atomic E-state index is 0.0409. The van der Waals surface area contributed by atoms with Crippen molar-refractivity contribution in [3.63, 3.8) is 0 Å². The number of carbonyl (C=O) groups excluding carboxylic acids is 1. The van der Waals surface area contributed by atoms with Crippen LogP contribution in [0, 0.1) is 34.5 Å². The van der Waals surface area contributed by atoms with Crippen molar-refractivity contribution in [1.82, 2.24) is 0 Å². The second kappa shape index (κ2) is 6.84. The first-order chi connectivity index (χ1) is 11.3. The molecule has 0 aromatic rings. The second-order valence-corrected chi connectivity index (χ2v) is 9.82. The van der Waals surface area contributed by atoms with Crippen LogP contribution in [0.3, 0.4) is 0 Å². The zero-order valence-electron chi connectivity index (χ0n) is 17.4. The van der Waals surface area contributed by atoms with Crippen molar-refractivity contribution >= 4 is 5.97 Å². The predicted octanol–water partition coefficient (Wildman–Crippen LogP) is 4.40. The summed E-state index contributed by atoms with van der Waals surface area (Å²) in [5.41, 5.74) is 0.0850. The fourth-order valence-corrected chi connectivity index (χ4v) is 5.73. The van der Waals surface area contributed by atoms with E-state index in [4.69, 9.17) is 9.47 Å². The van der Waals surface area contributed by atoms with Crippen molar-refractivity contribution in [2.24, 2.45) is 34.5 Å². The Balaban J connectivity index is 2.08. The molecule has 1 saturated carbocycles. The van der Waals surface area contributed by atoms with Crippen LogP contribution in [0.1, 0.15) is 74.7 Å². The van der Waals surface area contributed by atoms with Crippen LogP contribution in [0.25, 0.3) is 0 Å². The van der Waals surface area contributed by atoms with E-state index >= 15 is 0 Å². The van der Waals surface area contributed by atoms with Crippen molar-refractivity contribution in [2.75, 3.05) is 6.61 Å². The number of hydrogen-bond donors (Lipinski definition) is 1. The summed E-state index contributed by atoms with van der Waals surface area (Å²) in [5.74, 6) is 0.0306. The Hall–Kier alpha value is -0.610. The highest BCUT2D eigenvalue weighted by atomic mass is 16.6. The van der Waals surface area contributed by atoms with E-state index in [9.17, 15) is 9.90 Å². The summed E-state index contributed by atoms with van der Waals surface area (Å²) in [6.07, 6.45) is 2.61. The van der Waals surface area contributed by atoms with Gasteiger partial charge in [0.15, 0.2) is 5.79 Å². The highest BCUT2D eigenvalue weighted by Crippen LogP contribution is 2.69. The molecule has 4 nitrogen and oxygen atoms in total. The summed E-state index contributed by atoms with van der Waals surface area (Å²) >= 11 is 0. The van der Waals surface area contributed by atoms with Gasteiger partial charge in [0.1, 0.15) is 0 Å². The monoisotopic (exact) mass is 354 g/mol. The van der Waals surface area contributed by atoms with Crippen molar-refractivity contribution in [2.45, 2.75) is 86.5 Å². The van der Waals surface area contributed by atoms with E-state index in [1.807, 2.05) is 0 Å². The van der Waals surface area contributed by atoms with Crippen LogP contribution in [0.5, 0.6) is 0 Å².